The molecule has 4 amide bonds. The fourth-order valence-electron chi connectivity index (χ4n) is 3.58. The highest BCUT2D eigenvalue weighted by atomic mass is 16.4. The first-order valence-electron chi connectivity index (χ1n) is 7.62. The monoisotopic (exact) mass is 311 g/mol. The van der Waals surface area contributed by atoms with E-state index in [2.05, 4.69) is 5.32 Å². The number of carbonyl (C=O) groups is 3. The number of likely N-dealkylation sites (tertiary alicyclic amines) is 1. The van der Waals surface area contributed by atoms with Crippen molar-refractivity contribution in [2.75, 3.05) is 6.54 Å². The summed E-state index contributed by atoms with van der Waals surface area (Å²) < 4.78 is 0. The molecular weight excluding hydrogens is 286 g/mol. The number of carboxylic acid groups (broad SMARTS) is 1. The Labute approximate surface area is 130 Å². The average molecular weight is 311 g/mol. The van der Waals surface area contributed by atoms with E-state index in [4.69, 9.17) is 0 Å². The van der Waals surface area contributed by atoms with E-state index in [0.717, 1.165) is 0 Å². The van der Waals surface area contributed by atoms with E-state index in [-0.39, 0.29) is 11.3 Å². The molecule has 0 bridgehead atoms. The minimum atomic E-state index is -1.00. The van der Waals surface area contributed by atoms with Gasteiger partial charge in [-0.05, 0) is 32.1 Å². The molecule has 2 atom stereocenters. The Kier molecular flexibility index (Phi) is 3.87. The molecule has 2 aliphatic rings. The predicted octanol–water partition coefficient (Wildman–Crippen LogP) is 1.87. The number of piperidine rings is 1. The lowest BCUT2D eigenvalue weighted by molar-refractivity contribution is -0.134. The van der Waals surface area contributed by atoms with Gasteiger partial charge in [-0.15, -0.1) is 0 Å². The molecule has 2 unspecified atom stereocenters. The second kappa shape index (κ2) is 5.14. The quantitative estimate of drug-likeness (QED) is 0.723. The van der Waals surface area contributed by atoms with Crippen LogP contribution in [0.5, 0.6) is 0 Å². The van der Waals surface area contributed by atoms with Crippen molar-refractivity contribution in [3.05, 3.63) is 0 Å². The largest absolute Gasteiger partial charge is 0.465 e. The molecule has 0 aromatic heterocycles. The highest BCUT2D eigenvalue weighted by Gasteiger charge is 2.53. The number of carbonyl (C=O) groups excluding carboxylic acids is 2. The molecule has 2 saturated heterocycles. The highest BCUT2D eigenvalue weighted by molar-refractivity contribution is 6.06. The van der Waals surface area contributed by atoms with Crippen LogP contribution in [0, 0.1) is 5.41 Å². The molecule has 7 nitrogen and oxygen atoms in total. The highest BCUT2D eigenvalue weighted by Crippen LogP contribution is 2.37. The van der Waals surface area contributed by atoms with E-state index in [0.29, 0.717) is 19.4 Å². The van der Waals surface area contributed by atoms with Crippen LogP contribution in [-0.4, -0.2) is 57.1 Å². The van der Waals surface area contributed by atoms with Crippen LogP contribution in [0.1, 0.15) is 47.5 Å². The lowest BCUT2D eigenvalue weighted by atomic mass is 9.77. The van der Waals surface area contributed by atoms with E-state index in [1.165, 1.54) is 9.80 Å². The molecule has 0 aliphatic carbocycles. The lowest BCUT2D eigenvalue weighted by Gasteiger charge is -2.48. The van der Waals surface area contributed by atoms with Gasteiger partial charge in [0.25, 0.3) is 5.91 Å². The second-order valence-electron chi connectivity index (χ2n) is 7.73. The van der Waals surface area contributed by atoms with Gasteiger partial charge >= 0.3 is 12.1 Å². The maximum absolute atomic E-state index is 12.6. The van der Waals surface area contributed by atoms with Gasteiger partial charge in [0.15, 0.2) is 0 Å². The topological polar surface area (TPSA) is 90.0 Å². The maximum atomic E-state index is 12.6. The molecular formula is C15H25N3O4. The Morgan fingerprint density at radius 2 is 1.91 bits per heavy atom. The van der Waals surface area contributed by atoms with Crippen LogP contribution in [0.4, 0.5) is 9.59 Å². The van der Waals surface area contributed by atoms with Crippen molar-refractivity contribution in [3.8, 4) is 0 Å². The minimum Gasteiger partial charge on any atom is -0.465 e. The Bertz CT molecular complexity index is 509. The summed E-state index contributed by atoms with van der Waals surface area (Å²) >= 11 is 0. The number of nitrogens with one attached hydrogen (secondary N) is 1. The molecule has 2 aliphatic heterocycles. The number of rotatable bonds is 1. The first kappa shape index (κ1) is 16.6. The van der Waals surface area contributed by atoms with Gasteiger partial charge in [-0.3, -0.25) is 9.69 Å². The van der Waals surface area contributed by atoms with Crippen molar-refractivity contribution in [1.82, 2.24) is 15.1 Å². The van der Waals surface area contributed by atoms with Gasteiger partial charge in [-0.2, -0.15) is 0 Å². The van der Waals surface area contributed by atoms with Crippen LogP contribution < -0.4 is 5.32 Å². The summed E-state index contributed by atoms with van der Waals surface area (Å²) in [5, 5.41) is 12.2. The fourth-order valence-corrected chi connectivity index (χ4v) is 3.58. The summed E-state index contributed by atoms with van der Waals surface area (Å²) in [6.07, 6.45) is 0.262. The van der Waals surface area contributed by atoms with Crippen molar-refractivity contribution < 1.29 is 19.5 Å². The molecule has 124 valence electrons. The zero-order chi connectivity index (χ0) is 16.9. The molecule has 0 aromatic carbocycles. The molecule has 0 radical (unpaired) electrons. The van der Waals surface area contributed by atoms with E-state index in [1.54, 1.807) is 13.8 Å². The van der Waals surface area contributed by atoms with Crippen molar-refractivity contribution in [2.24, 2.45) is 5.41 Å². The fraction of sp³-hybridized carbons (Fsp3) is 0.800. The summed E-state index contributed by atoms with van der Waals surface area (Å²) in [7, 11) is 0. The van der Waals surface area contributed by atoms with Crippen molar-refractivity contribution >= 4 is 18.0 Å². The SMILES string of the molecule is CC1(C)NC(=O)N(C2CCCN(C(=O)O)C2C(C)(C)C)C1=O. The van der Waals surface area contributed by atoms with Crippen molar-refractivity contribution in [3.63, 3.8) is 0 Å². The van der Waals surface area contributed by atoms with Crippen LogP contribution in [0.2, 0.25) is 0 Å². The number of hydrogen-bond acceptors (Lipinski definition) is 3. The normalized spacial score (nSPS) is 28.8. The van der Waals surface area contributed by atoms with E-state index in [9.17, 15) is 19.5 Å². The number of urea groups is 1. The van der Waals surface area contributed by atoms with Gasteiger partial charge in [0.2, 0.25) is 0 Å². The third-order valence-electron chi connectivity index (χ3n) is 4.46. The van der Waals surface area contributed by atoms with Gasteiger partial charge in [0.1, 0.15) is 5.54 Å². The smallest absolute Gasteiger partial charge is 0.407 e. The Hall–Kier alpha value is -1.79. The Morgan fingerprint density at radius 3 is 2.32 bits per heavy atom. The second-order valence-corrected chi connectivity index (χ2v) is 7.73. The first-order chi connectivity index (χ1) is 9.97. The molecule has 2 N–H and O–H groups in total. The van der Waals surface area contributed by atoms with E-state index in [1.807, 2.05) is 20.8 Å². The predicted molar refractivity (Wildman–Crippen MR) is 80.5 cm³/mol. The number of nitrogens with zero attached hydrogens (tertiary/aromatic N) is 2. The minimum absolute atomic E-state index is 0.288. The molecule has 2 heterocycles. The Morgan fingerprint density at radius 1 is 1.32 bits per heavy atom. The number of imide groups is 1. The molecule has 2 fully saturated rings. The summed E-state index contributed by atoms with van der Waals surface area (Å²) in [5.74, 6) is -0.288. The van der Waals surface area contributed by atoms with Gasteiger partial charge in [-0.25, -0.2) is 9.59 Å². The molecule has 7 heteroatoms. The summed E-state index contributed by atoms with van der Waals surface area (Å²) in [5.41, 5.74) is -1.32. The van der Waals surface area contributed by atoms with Crippen molar-refractivity contribution in [1.29, 1.82) is 0 Å². The average Bonchev–Trinajstić information content (AvgIpc) is 2.56. The first-order valence-corrected chi connectivity index (χ1v) is 7.62. The molecule has 2 rings (SSSR count). The molecule has 0 saturated carbocycles. The molecule has 0 spiro atoms. The van der Waals surface area contributed by atoms with Crippen molar-refractivity contribution in [2.45, 2.75) is 65.1 Å². The Balaban J connectivity index is 2.41. The van der Waals surface area contributed by atoms with Gasteiger partial charge in [-0.1, -0.05) is 20.8 Å². The maximum Gasteiger partial charge on any atom is 0.407 e. The van der Waals surface area contributed by atoms with Gasteiger partial charge < -0.3 is 15.3 Å². The van der Waals surface area contributed by atoms with Crippen LogP contribution >= 0.6 is 0 Å². The number of amides is 4. The van der Waals surface area contributed by atoms with E-state index < -0.39 is 29.7 Å². The standard InChI is InChI=1S/C15H25N3O4/c1-14(2,3)10-9(7-6-8-17(10)13(21)22)18-11(19)15(4,5)16-12(18)20/h9-10H,6-8H2,1-5H3,(H,16,20)(H,21,22). The summed E-state index contributed by atoms with van der Waals surface area (Å²) in [4.78, 5) is 39.0. The van der Waals surface area contributed by atoms with Crippen LogP contribution in [0.25, 0.3) is 0 Å². The van der Waals surface area contributed by atoms with Crippen LogP contribution in [-0.2, 0) is 4.79 Å². The van der Waals surface area contributed by atoms with Gasteiger partial charge in [0.05, 0.1) is 12.1 Å². The van der Waals surface area contributed by atoms with Crippen LogP contribution in [0.3, 0.4) is 0 Å². The number of hydrogen-bond donors (Lipinski definition) is 2. The zero-order valence-corrected chi connectivity index (χ0v) is 13.8. The third-order valence-corrected chi connectivity index (χ3v) is 4.46. The molecule has 0 aromatic rings. The summed E-state index contributed by atoms with van der Waals surface area (Å²) in [6, 6.07) is -1.28. The zero-order valence-electron chi connectivity index (χ0n) is 13.8. The lowest BCUT2D eigenvalue weighted by Crippen LogP contribution is -2.63. The third kappa shape index (κ3) is 2.64. The van der Waals surface area contributed by atoms with Gasteiger partial charge in [0, 0.05) is 6.54 Å². The van der Waals surface area contributed by atoms with Crippen LogP contribution in [0.15, 0.2) is 0 Å². The summed E-state index contributed by atoms with van der Waals surface area (Å²) in [6.45, 7) is 9.58. The molecule has 22 heavy (non-hydrogen) atoms. The van der Waals surface area contributed by atoms with E-state index >= 15 is 0 Å².